The van der Waals surface area contributed by atoms with Crippen molar-refractivity contribution in [3.05, 3.63) is 86.5 Å². The summed E-state index contributed by atoms with van der Waals surface area (Å²) in [6.07, 6.45) is 0. The molecule has 36 heavy (non-hydrogen) atoms. The molecule has 0 saturated carbocycles. The minimum Gasteiger partial charge on any atom is -0.495 e. The van der Waals surface area contributed by atoms with Crippen molar-refractivity contribution in [1.29, 1.82) is 0 Å². The van der Waals surface area contributed by atoms with Gasteiger partial charge in [0.05, 0.1) is 17.5 Å². The van der Waals surface area contributed by atoms with E-state index in [2.05, 4.69) is 26.1 Å². The number of carbonyl (C=O) groups excluding carboxylic acids is 1. The highest BCUT2D eigenvalue weighted by Gasteiger charge is 2.21. The fourth-order valence-electron chi connectivity index (χ4n) is 3.67. The number of hydrogen-bond acceptors (Lipinski definition) is 5. The average molecular weight is 526 g/mol. The third kappa shape index (κ3) is 5.50. The number of methoxy groups -OCH3 is 1. The Morgan fingerprint density at radius 1 is 1.00 bits per heavy atom. The van der Waals surface area contributed by atoms with E-state index < -0.39 is 17.9 Å². The topological polar surface area (TPSA) is 77.8 Å². The molecular weight excluding hydrogens is 501 g/mol. The van der Waals surface area contributed by atoms with Crippen LogP contribution in [0.2, 0.25) is 10.0 Å². The summed E-state index contributed by atoms with van der Waals surface area (Å²) in [5, 5.41) is 3.69. The fourth-order valence-corrected chi connectivity index (χ4v) is 4.10. The summed E-state index contributed by atoms with van der Waals surface area (Å²) in [5.74, 6) is 0.170. The lowest BCUT2D eigenvalue weighted by atomic mass is 9.86. The van der Waals surface area contributed by atoms with Crippen LogP contribution in [0.15, 0.2) is 69.9 Å². The Morgan fingerprint density at radius 2 is 1.72 bits per heavy atom. The van der Waals surface area contributed by atoms with E-state index in [1.807, 2.05) is 24.3 Å². The van der Waals surface area contributed by atoms with Crippen LogP contribution in [-0.2, 0) is 10.2 Å². The van der Waals surface area contributed by atoms with Gasteiger partial charge in [0.2, 0.25) is 11.2 Å². The highest BCUT2D eigenvalue weighted by atomic mass is 35.5. The van der Waals surface area contributed by atoms with Crippen molar-refractivity contribution in [3.8, 4) is 22.8 Å². The van der Waals surface area contributed by atoms with E-state index >= 15 is 0 Å². The summed E-state index contributed by atoms with van der Waals surface area (Å²) in [7, 11) is 1.50. The quantitative estimate of drug-likeness (QED) is 0.290. The van der Waals surface area contributed by atoms with Crippen molar-refractivity contribution in [1.82, 2.24) is 0 Å². The van der Waals surface area contributed by atoms with E-state index in [0.29, 0.717) is 32.6 Å². The Bertz CT molecular complexity index is 1490. The molecular formula is C28H25Cl2NO5. The van der Waals surface area contributed by atoms with Gasteiger partial charge in [-0.2, -0.15) is 0 Å². The molecule has 4 aromatic rings. The number of rotatable bonds is 6. The van der Waals surface area contributed by atoms with Crippen LogP contribution in [0.3, 0.4) is 0 Å². The standard InChI is InChI=1S/C28H25Cl2NO5/c1-28(2,3)17-7-5-16(6-8-17)26-27(25(33)20-13-18(29)9-11-22(20)36-26)35-15-24(32)31-19-10-12-23(34-4)21(30)14-19/h5-14H,15H2,1-4H3,(H,31,32). The van der Waals surface area contributed by atoms with Gasteiger partial charge < -0.3 is 19.2 Å². The van der Waals surface area contributed by atoms with Gasteiger partial charge in [-0.25, -0.2) is 0 Å². The predicted molar refractivity (Wildman–Crippen MR) is 144 cm³/mol. The summed E-state index contributed by atoms with van der Waals surface area (Å²) >= 11 is 12.2. The second-order valence-corrected chi connectivity index (χ2v) is 10.1. The molecule has 3 aromatic carbocycles. The van der Waals surface area contributed by atoms with E-state index in [1.165, 1.54) is 13.2 Å². The van der Waals surface area contributed by atoms with E-state index in [0.717, 1.165) is 5.56 Å². The lowest BCUT2D eigenvalue weighted by Crippen LogP contribution is -2.22. The molecule has 0 radical (unpaired) electrons. The summed E-state index contributed by atoms with van der Waals surface area (Å²) in [6.45, 7) is 5.93. The van der Waals surface area contributed by atoms with Crippen LogP contribution < -0.4 is 20.2 Å². The molecule has 1 aromatic heterocycles. The minimum atomic E-state index is -0.476. The first-order valence-electron chi connectivity index (χ1n) is 11.2. The van der Waals surface area contributed by atoms with E-state index in [-0.39, 0.29) is 22.3 Å². The van der Waals surface area contributed by atoms with Crippen molar-refractivity contribution >= 4 is 45.8 Å². The van der Waals surface area contributed by atoms with Gasteiger partial charge in [0.25, 0.3) is 5.91 Å². The second kappa shape index (κ2) is 10.2. The molecule has 0 atom stereocenters. The van der Waals surface area contributed by atoms with Gasteiger partial charge in [0.1, 0.15) is 11.3 Å². The third-order valence-corrected chi connectivity index (χ3v) is 6.14. The Labute approximate surface area is 218 Å². The van der Waals surface area contributed by atoms with Gasteiger partial charge in [-0.05, 0) is 47.4 Å². The third-order valence-electron chi connectivity index (χ3n) is 5.61. The molecule has 0 aliphatic heterocycles. The zero-order valence-corrected chi connectivity index (χ0v) is 21.8. The summed E-state index contributed by atoms with van der Waals surface area (Å²) < 4.78 is 17.0. The molecule has 0 fully saturated rings. The first-order valence-corrected chi connectivity index (χ1v) is 12.0. The van der Waals surface area contributed by atoms with Crippen LogP contribution in [-0.4, -0.2) is 19.6 Å². The maximum Gasteiger partial charge on any atom is 0.262 e. The van der Waals surface area contributed by atoms with Gasteiger partial charge in [0, 0.05) is 16.3 Å². The lowest BCUT2D eigenvalue weighted by molar-refractivity contribution is -0.118. The van der Waals surface area contributed by atoms with Gasteiger partial charge in [-0.1, -0.05) is 68.2 Å². The molecule has 1 amide bonds. The molecule has 8 heteroatoms. The molecule has 186 valence electrons. The number of anilines is 1. The van der Waals surface area contributed by atoms with Crippen LogP contribution >= 0.6 is 23.2 Å². The maximum atomic E-state index is 13.4. The van der Waals surface area contributed by atoms with Crippen molar-refractivity contribution < 1.29 is 18.7 Å². The molecule has 0 unspecified atom stereocenters. The summed E-state index contributed by atoms with van der Waals surface area (Å²) in [6, 6.07) is 17.3. The predicted octanol–water partition coefficient (Wildman–Crippen LogP) is 7.09. The smallest absolute Gasteiger partial charge is 0.262 e. The Balaban J connectivity index is 1.67. The maximum absolute atomic E-state index is 13.4. The largest absolute Gasteiger partial charge is 0.495 e. The fraction of sp³-hybridized carbons (Fsp3) is 0.214. The van der Waals surface area contributed by atoms with E-state index in [9.17, 15) is 9.59 Å². The number of nitrogens with one attached hydrogen (secondary N) is 1. The zero-order valence-electron chi connectivity index (χ0n) is 20.3. The van der Waals surface area contributed by atoms with Crippen LogP contribution in [0.1, 0.15) is 26.3 Å². The molecule has 0 saturated heterocycles. The summed E-state index contributed by atoms with van der Waals surface area (Å²) in [4.78, 5) is 26.0. The Kier molecular flexibility index (Phi) is 7.29. The monoisotopic (exact) mass is 525 g/mol. The number of amides is 1. The van der Waals surface area contributed by atoms with Gasteiger partial charge >= 0.3 is 0 Å². The van der Waals surface area contributed by atoms with E-state index in [1.54, 1.807) is 30.3 Å². The average Bonchev–Trinajstić information content (AvgIpc) is 2.83. The van der Waals surface area contributed by atoms with Crippen LogP contribution in [0.25, 0.3) is 22.3 Å². The molecule has 0 aliphatic carbocycles. The number of benzene rings is 3. The first-order chi connectivity index (χ1) is 17.1. The van der Waals surface area contributed by atoms with Crippen LogP contribution in [0.4, 0.5) is 5.69 Å². The Morgan fingerprint density at radius 3 is 2.36 bits per heavy atom. The first kappa shape index (κ1) is 25.6. The van der Waals surface area contributed by atoms with Gasteiger partial charge in [0.15, 0.2) is 12.4 Å². The number of halogens is 2. The zero-order chi connectivity index (χ0) is 26.0. The van der Waals surface area contributed by atoms with Crippen LogP contribution in [0, 0.1) is 0 Å². The molecule has 6 nitrogen and oxygen atoms in total. The lowest BCUT2D eigenvalue weighted by Gasteiger charge is -2.19. The number of ether oxygens (including phenoxy) is 2. The number of hydrogen-bond donors (Lipinski definition) is 1. The highest BCUT2D eigenvalue weighted by Crippen LogP contribution is 2.33. The molecule has 0 bridgehead atoms. The molecule has 0 aliphatic rings. The highest BCUT2D eigenvalue weighted by molar-refractivity contribution is 6.32. The van der Waals surface area contributed by atoms with Crippen molar-refractivity contribution in [2.24, 2.45) is 0 Å². The summed E-state index contributed by atoms with van der Waals surface area (Å²) in [5.41, 5.74) is 2.14. The molecule has 0 spiro atoms. The van der Waals surface area contributed by atoms with Crippen molar-refractivity contribution in [2.75, 3.05) is 19.0 Å². The second-order valence-electron chi connectivity index (χ2n) is 9.24. The van der Waals surface area contributed by atoms with E-state index in [4.69, 9.17) is 37.1 Å². The number of fused-ring (bicyclic) bond motifs is 1. The normalized spacial score (nSPS) is 11.4. The van der Waals surface area contributed by atoms with Crippen molar-refractivity contribution in [3.63, 3.8) is 0 Å². The van der Waals surface area contributed by atoms with Gasteiger partial charge in [-0.15, -0.1) is 0 Å². The molecule has 4 rings (SSSR count). The molecule has 1 heterocycles. The van der Waals surface area contributed by atoms with Crippen LogP contribution in [0.5, 0.6) is 11.5 Å². The Hall–Kier alpha value is -3.48. The molecule has 1 N–H and O–H groups in total. The SMILES string of the molecule is COc1ccc(NC(=O)COc2c(-c3ccc(C(C)(C)C)cc3)oc3ccc(Cl)cc3c2=O)cc1Cl. The minimum absolute atomic E-state index is 0.0404. The van der Waals surface area contributed by atoms with Crippen molar-refractivity contribution in [2.45, 2.75) is 26.2 Å². The number of carbonyl (C=O) groups is 1. The van der Waals surface area contributed by atoms with Gasteiger partial charge in [-0.3, -0.25) is 9.59 Å².